The number of carboxylic acid groups (broad SMARTS) is 1. The Balaban J connectivity index is 2.27. The molecule has 1 aliphatic heterocycles. The number of amides is 1. The molecule has 0 saturated carbocycles. The molecule has 0 aliphatic carbocycles. The summed E-state index contributed by atoms with van der Waals surface area (Å²) in [6, 6.07) is -1.18. The van der Waals surface area contributed by atoms with Crippen LogP contribution in [0.2, 0.25) is 0 Å². The van der Waals surface area contributed by atoms with Crippen LogP contribution < -0.4 is 11.1 Å². The van der Waals surface area contributed by atoms with Crippen LogP contribution in [0.25, 0.3) is 0 Å². The van der Waals surface area contributed by atoms with Crippen LogP contribution in [0.4, 0.5) is 0 Å². The summed E-state index contributed by atoms with van der Waals surface area (Å²) in [4.78, 5) is 32.9. The zero-order valence-electron chi connectivity index (χ0n) is 9.21. The van der Waals surface area contributed by atoms with Crippen molar-refractivity contribution in [3.63, 3.8) is 0 Å². The van der Waals surface area contributed by atoms with Crippen molar-refractivity contribution in [2.24, 2.45) is 5.73 Å². The lowest BCUT2D eigenvalue weighted by atomic mass is 10.2. The van der Waals surface area contributed by atoms with Crippen molar-refractivity contribution in [3.8, 4) is 0 Å². The fourth-order valence-corrected chi connectivity index (χ4v) is 1.11. The maximum absolute atomic E-state index is 11.4. The van der Waals surface area contributed by atoms with E-state index in [2.05, 4.69) is 10.1 Å². The summed E-state index contributed by atoms with van der Waals surface area (Å²) in [5.41, 5.74) is 5.18. The number of nitrogens with one attached hydrogen (secondary N) is 1. The Hall–Kier alpha value is -1.67. The standard InChI is InChI=1S/C9H14N2O6/c1-2-16-9(15)6-5(17-6)7(12)11-3-4(10)8(13)14/h4-6H,2-3,10H2,1H3,(H,11,12)(H,13,14)/t4-,5?,6?/m0/s1. The lowest BCUT2D eigenvalue weighted by Crippen LogP contribution is -2.44. The summed E-state index contributed by atoms with van der Waals surface area (Å²) in [6.07, 6.45) is -1.80. The molecule has 2 unspecified atom stereocenters. The summed E-state index contributed by atoms with van der Waals surface area (Å²) < 4.78 is 9.46. The first kappa shape index (κ1) is 13.4. The molecular formula is C9H14N2O6. The normalized spacial score (nSPS) is 23.6. The molecule has 96 valence electrons. The minimum Gasteiger partial charge on any atom is -0.480 e. The summed E-state index contributed by atoms with van der Waals surface area (Å²) in [5, 5.41) is 10.8. The first-order valence-corrected chi connectivity index (χ1v) is 5.05. The molecule has 0 bridgehead atoms. The van der Waals surface area contributed by atoms with Crippen LogP contribution in [0.1, 0.15) is 6.92 Å². The highest BCUT2D eigenvalue weighted by Gasteiger charge is 2.51. The number of aliphatic carboxylic acids is 1. The Morgan fingerprint density at radius 1 is 1.47 bits per heavy atom. The zero-order valence-corrected chi connectivity index (χ0v) is 9.21. The molecule has 3 atom stereocenters. The third-order valence-corrected chi connectivity index (χ3v) is 2.08. The highest BCUT2D eigenvalue weighted by atomic mass is 16.6. The summed E-state index contributed by atoms with van der Waals surface area (Å²) in [7, 11) is 0. The molecule has 0 aromatic heterocycles. The number of hydrogen-bond acceptors (Lipinski definition) is 6. The molecule has 0 aromatic carbocycles. The fraction of sp³-hybridized carbons (Fsp3) is 0.667. The van der Waals surface area contributed by atoms with Gasteiger partial charge >= 0.3 is 11.9 Å². The summed E-state index contributed by atoms with van der Waals surface area (Å²) in [6.45, 7) is 1.63. The number of carboxylic acids is 1. The van der Waals surface area contributed by atoms with Crippen molar-refractivity contribution >= 4 is 17.8 Å². The fourth-order valence-electron chi connectivity index (χ4n) is 1.11. The highest BCUT2D eigenvalue weighted by molar-refractivity contribution is 5.93. The van der Waals surface area contributed by atoms with Crippen LogP contribution in [0.5, 0.6) is 0 Å². The highest BCUT2D eigenvalue weighted by Crippen LogP contribution is 2.23. The largest absolute Gasteiger partial charge is 0.480 e. The van der Waals surface area contributed by atoms with Crippen LogP contribution in [0.3, 0.4) is 0 Å². The molecule has 0 radical (unpaired) electrons. The van der Waals surface area contributed by atoms with Gasteiger partial charge in [0, 0.05) is 6.54 Å². The van der Waals surface area contributed by atoms with Crippen molar-refractivity contribution in [1.82, 2.24) is 5.32 Å². The zero-order chi connectivity index (χ0) is 13.0. The average molecular weight is 246 g/mol. The molecule has 17 heavy (non-hydrogen) atoms. The van der Waals surface area contributed by atoms with Crippen LogP contribution >= 0.6 is 0 Å². The Bertz CT molecular complexity index is 331. The van der Waals surface area contributed by atoms with E-state index >= 15 is 0 Å². The molecule has 1 fully saturated rings. The number of ether oxygens (including phenoxy) is 2. The molecule has 1 heterocycles. The van der Waals surface area contributed by atoms with Gasteiger partial charge in [-0.2, -0.15) is 0 Å². The molecule has 1 aliphatic rings. The van der Waals surface area contributed by atoms with Gasteiger partial charge in [-0.15, -0.1) is 0 Å². The monoisotopic (exact) mass is 246 g/mol. The van der Waals surface area contributed by atoms with E-state index in [4.69, 9.17) is 15.6 Å². The van der Waals surface area contributed by atoms with Gasteiger partial charge < -0.3 is 25.6 Å². The number of epoxide rings is 1. The van der Waals surface area contributed by atoms with Gasteiger partial charge in [0.05, 0.1) is 6.61 Å². The average Bonchev–Trinajstić information content (AvgIpc) is 3.05. The van der Waals surface area contributed by atoms with Gasteiger partial charge in [-0.1, -0.05) is 0 Å². The van der Waals surface area contributed by atoms with Gasteiger partial charge in [-0.25, -0.2) is 4.79 Å². The topological polar surface area (TPSA) is 131 Å². The first-order chi connectivity index (χ1) is 7.97. The predicted molar refractivity (Wildman–Crippen MR) is 53.9 cm³/mol. The second-order valence-electron chi connectivity index (χ2n) is 3.42. The minimum atomic E-state index is -1.22. The van der Waals surface area contributed by atoms with Crippen molar-refractivity contribution in [3.05, 3.63) is 0 Å². The van der Waals surface area contributed by atoms with E-state index in [0.717, 1.165) is 0 Å². The summed E-state index contributed by atoms with van der Waals surface area (Å²) >= 11 is 0. The van der Waals surface area contributed by atoms with E-state index in [0.29, 0.717) is 0 Å². The van der Waals surface area contributed by atoms with Gasteiger partial charge in [0.2, 0.25) is 0 Å². The lowest BCUT2D eigenvalue weighted by Gasteiger charge is -2.06. The van der Waals surface area contributed by atoms with E-state index in [1.165, 1.54) is 0 Å². The van der Waals surface area contributed by atoms with Gasteiger partial charge in [-0.3, -0.25) is 9.59 Å². The van der Waals surface area contributed by atoms with Crippen molar-refractivity contribution in [1.29, 1.82) is 0 Å². The van der Waals surface area contributed by atoms with Crippen molar-refractivity contribution in [2.75, 3.05) is 13.2 Å². The number of esters is 1. The number of rotatable bonds is 6. The van der Waals surface area contributed by atoms with Gasteiger partial charge in [0.15, 0.2) is 12.2 Å². The molecule has 1 amide bonds. The summed E-state index contributed by atoms with van der Waals surface area (Å²) in [5.74, 6) is -2.39. The van der Waals surface area contributed by atoms with E-state index in [1.807, 2.05) is 0 Å². The number of carbonyl (C=O) groups is 3. The van der Waals surface area contributed by atoms with Crippen LogP contribution in [0, 0.1) is 0 Å². The van der Waals surface area contributed by atoms with Gasteiger partial charge in [-0.05, 0) is 6.92 Å². The molecule has 0 aromatic rings. The second kappa shape index (κ2) is 5.60. The molecule has 8 nitrogen and oxygen atoms in total. The third-order valence-electron chi connectivity index (χ3n) is 2.08. The second-order valence-corrected chi connectivity index (χ2v) is 3.42. The van der Waals surface area contributed by atoms with Crippen LogP contribution in [-0.4, -0.2) is 54.4 Å². The molecule has 0 spiro atoms. The lowest BCUT2D eigenvalue weighted by molar-refractivity contribution is -0.144. The number of nitrogens with two attached hydrogens (primary N) is 1. The van der Waals surface area contributed by atoms with E-state index in [-0.39, 0.29) is 13.2 Å². The Morgan fingerprint density at radius 3 is 2.65 bits per heavy atom. The molecule has 1 rings (SSSR count). The van der Waals surface area contributed by atoms with E-state index < -0.39 is 36.1 Å². The van der Waals surface area contributed by atoms with Gasteiger partial charge in [0.1, 0.15) is 6.04 Å². The van der Waals surface area contributed by atoms with Crippen LogP contribution in [0.15, 0.2) is 0 Å². The molecule has 8 heteroatoms. The van der Waals surface area contributed by atoms with Gasteiger partial charge in [0.25, 0.3) is 5.91 Å². The van der Waals surface area contributed by atoms with Crippen molar-refractivity contribution < 1.29 is 29.0 Å². The Labute approximate surface area is 97.0 Å². The predicted octanol–water partition coefficient (Wildman–Crippen LogP) is -2.15. The van der Waals surface area contributed by atoms with Crippen molar-refractivity contribution in [2.45, 2.75) is 25.2 Å². The molecular weight excluding hydrogens is 232 g/mol. The first-order valence-electron chi connectivity index (χ1n) is 5.05. The third kappa shape index (κ3) is 3.68. The molecule has 4 N–H and O–H groups in total. The van der Waals surface area contributed by atoms with E-state index in [9.17, 15) is 14.4 Å². The molecule has 1 saturated heterocycles. The maximum atomic E-state index is 11.4. The van der Waals surface area contributed by atoms with E-state index in [1.54, 1.807) is 6.92 Å². The number of hydrogen-bond donors (Lipinski definition) is 3. The van der Waals surface area contributed by atoms with Crippen LogP contribution in [-0.2, 0) is 23.9 Å². The smallest absolute Gasteiger partial charge is 0.338 e. The Kier molecular flexibility index (Phi) is 4.41. The minimum absolute atomic E-state index is 0.205. The SMILES string of the molecule is CCOC(=O)C1OC1C(=O)NC[C@H](N)C(=O)O. The Morgan fingerprint density at radius 2 is 2.12 bits per heavy atom. The quantitative estimate of drug-likeness (QED) is 0.359. The maximum Gasteiger partial charge on any atom is 0.338 e. The number of carbonyl (C=O) groups excluding carboxylic acids is 2.